The van der Waals surface area contributed by atoms with Crippen molar-refractivity contribution in [3.05, 3.63) is 35.6 Å². The summed E-state index contributed by atoms with van der Waals surface area (Å²) in [5.74, 6) is -0.403. The summed E-state index contributed by atoms with van der Waals surface area (Å²) in [6, 6.07) is 5.08. The van der Waals surface area contributed by atoms with Crippen molar-refractivity contribution < 1.29 is 23.1 Å². The van der Waals surface area contributed by atoms with E-state index in [1.54, 1.807) is 0 Å². The average Bonchev–Trinajstić information content (AvgIpc) is 2.68. The highest BCUT2D eigenvalue weighted by Gasteiger charge is 2.42. The Morgan fingerprint density at radius 2 is 1.71 bits per heavy atom. The van der Waals surface area contributed by atoms with Gasteiger partial charge in [0.2, 0.25) is 0 Å². The van der Waals surface area contributed by atoms with Gasteiger partial charge in [0.05, 0.1) is 0 Å². The maximum atomic E-state index is 15.1. The molecule has 1 aromatic carbocycles. The summed E-state index contributed by atoms with van der Waals surface area (Å²) < 4.78 is 33.2. The normalized spacial score (nSPS) is 25.2. The number of primary amides is 1. The van der Waals surface area contributed by atoms with Crippen molar-refractivity contribution in [2.45, 2.75) is 56.7 Å². The van der Waals surface area contributed by atoms with Crippen molar-refractivity contribution in [3.8, 4) is 0 Å². The standard InChI is InChI=1S/C21H28F2N2O3/c22-17-5-3-16(4-6-17)19(26)21(23)10-13-25(14-11-21)12-9-15-1-7-18(8-2-15)28-20(24)27/h3-6,15,18H,1-2,7-14H2,(H2,24,27). The zero-order valence-corrected chi connectivity index (χ0v) is 16.0. The molecule has 7 heteroatoms. The Balaban J connectivity index is 1.41. The molecule has 0 unspecified atom stereocenters. The molecule has 1 amide bonds. The largest absolute Gasteiger partial charge is 0.446 e. The fourth-order valence-corrected chi connectivity index (χ4v) is 4.29. The molecule has 1 aromatic rings. The lowest BCUT2D eigenvalue weighted by Gasteiger charge is -2.36. The molecule has 1 heterocycles. The van der Waals surface area contributed by atoms with Crippen LogP contribution in [0.2, 0.25) is 0 Å². The zero-order chi connectivity index (χ0) is 20.1. The van der Waals surface area contributed by atoms with E-state index in [1.165, 1.54) is 24.3 Å². The second kappa shape index (κ2) is 8.99. The Morgan fingerprint density at radius 3 is 2.29 bits per heavy atom. The van der Waals surface area contributed by atoms with Gasteiger partial charge >= 0.3 is 6.09 Å². The number of piperidine rings is 1. The van der Waals surface area contributed by atoms with Crippen molar-refractivity contribution in [2.24, 2.45) is 11.7 Å². The number of nitrogens with two attached hydrogens (primary N) is 1. The number of carbonyl (C=O) groups is 2. The molecule has 5 nitrogen and oxygen atoms in total. The highest BCUT2D eigenvalue weighted by atomic mass is 19.1. The second-order valence-corrected chi connectivity index (χ2v) is 8.01. The van der Waals surface area contributed by atoms with Crippen LogP contribution in [0.15, 0.2) is 24.3 Å². The van der Waals surface area contributed by atoms with Gasteiger partial charge < -0.3 is 15.4 Å². The number of rotatable bonds is 6. The first-order valence-corrected chi connectivity index (χ1v) is 10.0. The van der Waals surface area contributed by atoms with Crippen molar-refractivity contribution in [1.82, 2.24) is 4.90 Å². The molecular formula is C21H28F2N2O3. The first-order chi connectivity index (χ1) is 13.4. The van der Waals surface area contributed by atoms with Crippen LogP contribution in [0.4, 0.5) is 13.6 Å². The smallest absolute Gasteiger partial charge is 0.404 e. The summed E-state index contributed by atoms with van der Waals surface area (Å²) in [5.41, 5.74) is 3.43. The topological polar surface area (TPSA) is 72.6 Å². The number of hydrogen-bond donors (Lipinski definition) is 1. The number of hydrogen-bond acceptors (Lipinski definition) is 4. The van der Waals surface area contributed by atoms with Gasteiger partial charge in [0.25, 0.3) is 0 Å². The molecule has 0 spiro atoms. The van der Waals surface area contributed by atoms with Crippen LogP contribution in [0.5, 0.6) is 0 Å². The molecule has 3 rings (SSSR count). The van der Waals surface area contributed by atoms with E-state index in [1.807, 2.05) is 0 Å². The van der Waals surface area contributed by atoms with Crippen molar-refractivity contribution in [1.29, 1.82) is 0 Å². The predicted octanol–water partition coefficient (Wildman–Crippen LogP) is 3.86. The maximum Gasteiger partial charge on any atom is 0.404 e. The Hall–Kier alpha value is -2.02. The molecule has 2 aliphatic rings. The van der Waals surface area contributed by atoms with Crippen LogP contribution in [0, 0.1) is 11.7 Å². The third kappa shape index (κ3) is 5.28. The average molecular weight is 394 g/mol. The van der Waals surface area contributed by atoms with Crippen LogP contribution < -0.4 is 5.73 Å². The van der Waals surface area contributed by atoms with Gasteiger partial charge in [0, 0.05) is 31.5 Å². The van der Waals surface area contributed by atoms with Gasteiger partial charge in [0.1, 0.15) is 11.9 Å². The van der Waals surface area contributed by atoms with Crippen molar-refractivity contribution in [2.75, 3.05) is 19.6 Å². The van der Waals surface area contributed by atoms with E-state index < -0.39 is 23.4 Å². The zero-order valence-electron chi connectivity index (χ0n) is 16.0. The molecule has 1 saturated carbocycles. The first-order valence-electron chi connectivity index (χ1n) is 10.0. The Morgan fingerprint density at radius 1 is 1.11 bits per heavy atom. The number of amides is 1. The SMILES string of the molecule is NC(=O)OC1CCC(CCN2CCC(F)(C(=O)c3ccc(F)cc3)CC2)CC1. The van der Waals surface area contributed by atoms with Crippen LogP contribution in [0.25, 0.3) is 0 Å². The molecule has 0 radical (unpaired) electrons. The first kappa shape index (κ1) is 20.7. The predicted molar refractivity (Wildman–Crippen MR) is 101 cm³/mol. The molecule has 1 aliphatic heterocycles. The van der Waals surface area contributed by atoms with Gasteiger partial charge in [-0.2, -0.15) is 0 Å². The van der Waals surface area contributed by atoms with E-state index >= 15 is 4.39 Å². The summed E-state index contributed by atoms with van der Waals surface area (Å²) in [6.45, 7) is 1.97. The lowest BCUT2D eigenvalue weighted by atomic mass is 9.84. The molecule has 0 aromatic heterocycles. The number of ketones is 1. The third-order valence-electron chi connectivity index (χ3n) is 6.09. The maximum absolute atomic E-state index is 15.1. The van der Waals surface area contributed by atoms with Crippen molar-refractivity contribution >= 4 is 11.9 Å². The highest BCUT2D eigenvalue weighted by Crippen LogP contribution is 2.32. The van der Waals surface area contributed by atoms with E-state index in [2.05, 4.69) is 4.90 Å². The van der Waals surface area contributed by atoms with Gasteiger partial charge in [-0.15, -0.1) is 0 Å². The summed E-state index contributed by atoms with van der Waals surface area (Å²) in [5, 5.41) is 0. The Labute approximate surface area is 164 Å². The van der Waals surface area contributed by atoms with E-state index in [0.29, 0.717) is 19.0 Å². The monoisotopic (exact) mass is 394 g/mol. The highest BCUT2D eigenvalue weighted by molar-refractivity contribution is 6.02. The minimum Gasteiger partial charge on any atom is -0.446 e. The molecule has 1 saturated heterocycles. The Kier molecular flexibility index (Phi) is 6.65. The van der Waals surface area contributed by atoms with E-state index in [-0.39, 0.29) is 24.5 Å². The minimum absolute atomic E-state index is 0.0617. The van der Waals surface area contributed by atoms with E-state index in [9.17, 15) is 14.0 Å². The quantitative estimate of drug-likeness (QED) is 0.744. The van der Waals surface area contributed by atoms with Gasteiger partial charge in [-0.25, -0.2) is 13.6 Å². The van der Waals surface area contributed by atoms with Gasteiger partial charge in [-0.3, -0.25) is 4.79 Å². The van der Waals surface area contributed by atoms with Gasteiger partial charge in [-0.1, -0.05) is 0 Å². The van der Waals surface area contributed by atoms with Gasteiger partial charge in [0.15, 0.2) is 11.5 Å². The molecule has 2 N–H and O–H groups in total. The van der Waals surface area contributed by atoms with E-state index in [0.717, 1.165) is 38.6 Å². The molecular weight excluding hydrogens is 366 g/mol. The van der Waals surface area contributed by atoms with Crippen LogP contribution in [0.1, 0.15) is 55.3 Å². The number of halogens is 2. The van der Waals surface area contributed by atoms with Crippen LogP contribution in [0.3, 0.4) is 0 Å². The molecule has 2 fully saturated rings. The van der Waals surface area contributed by atoms with Crippen LogP contribution in [-0.2, 0) is 4.74 Å². The lowest BCUT2D eigenvalue weighted by Crippen LogP contribution is -2.47. The van der Waals surface area contributed by atoms with Crippen LogP contribution >= 0.6 is 0 Å². The molecule has 154 valence electrons. The summed E-state index contributed by atoms with van der Waals surface area (Å²) in [7, 11) is 0. The summed E-state index contributed by atoms with van der Waals surface area (Å²) >= 11 is 0. The number of nitrogens with zero attached hydrogens (tertiary/aromatic N) is 1. The lowest BCUT2D eigenvalue weighted by molar-refractivity contribution is 0.0388. The molecule has 0 atom stereocenters. The number of Topliss-reactive ketones (excluding diaryl/α,β-unsaturated/α-hetero) is 1. The fraction of sp³-hybridized carbons (Fsp3) is 0.619. The number of ether oxygens (including phenoxy) is 1. The second-order valence-electron chi connectivity index (χ2n) is 8.01. The van der Waals surface area contributed by atoms with Crippen LogP contribution in [-0.4, -0.2) is 48.2 Å². The minimum atomic E-state index is -1.86. The fourth-order valence-electron chi connectivity index (χ4n) is 4.29. The number of alkyl halides is 1. The molecule has 1 aliphatic carbocycles. The molecule has 0 bridgehead atoms. The summed E-state index contributed by atoms with van der Waals surface area (Å²) in [6.07, 6.45) is 4.28. The Bertz CT molecular complexity index is 679. The van der Waals surface area contributed by atoms with Gasteiger partial charge in [-0.05, 0) is 68.8 Å². The number of benzene rings is 1. The number of carbonyl (C=O) groups excluding carboxylic acids is 2. The van der Waals surface area contributed by atoms with E-state index in [4.69, 9.17) is 10.5 Å². The molecule has 28 heavy (non-hydrogen) atoms. The van der Waals surface area contributed by atoms with Crippen molar-refractivity contribution in [3.63, 3.8) is 0 Å². The number of likely N-dealkylation sites (tertiary alicyclic amines) is 1. The summed E-state index contributed by atoms with van der Waals surface area (Å²) in [4.78, 5) is 25.5. The third-order valence-corrected chi connectivity index (χ3v) is 6.09.